The monoisotopic (exact) mass is 280 g/mol. The minimum Gasteiger partial charge on any atom is -0.327 e. The SMILES string of the molecule is NC(CSc1nnc2n1CCCCC2)C1CCCC1. The number of thioether (sulfide) groups is 1. The second kappa shape index (κ2) is 6.27. The first-order chi connectivity index (χ1) is 9.34. The lowest BCUT2D eigenvalue weighted by molar-refractivity contribution is 0.462. The maximum atomic E-state index is 6.32. The smallest absolute Gasteiger partial charge is 0.191 e. The molecule has 1 unspecified atom stereocenters. The fourth-order valence-corrected chi connectivity index (χ4v) is 4.32. The van der Waals surface area contributed by atoms with Gasteiger partial charge in [0, 0.05) is 24.8 Å². The topological polar surface area (TPSA) is 56.7 Å². The van der Waals surface area contributed by atoms with Crippen molar-refractivity contribution < 1.29 is 0 Å². The number of aryl methyl sites for hydroxylation is 1. The van der Waals surface area contributed by atoms with E-state index in [1.807, 2.05) is 11.8 Å². The van der Waals surface area contributed by atoms with Crippen molar-refractivity contribution in [3.63, 3.8) is 0 Å². The molecule has 0 saturated heterocycles. The van der Waals surface area contributed by atoms with Gasteiger partial charge in [-0.25, -0.2) is 0 Å². The van der Waals surface area contributed by atoms with E-state index in [0.717, 1.165) is 29.8 Å². The summed E-state index contributed by atoms with van der Waals surface area (Å²) in [6, 6.07) is 0.325. The van der Waals surface area contributed by atoms with E-state index < -0.39 is 0 Å². The van der Waals surface area contributed by atoms with E-state index in [4.69, 9.17) is 5.73 Å². The van der Waals surface area contributed by atoms with Gasteiger partial charge in [0.15, 0.2) is 5.16 Å². The molecule has 0 spiro atoms. The van der Waals surface area contributed by atoms with Gasteiger partial charge >= 0.3 is 0 Å². The van der Waals surface area contributed by atoms with Gasteiger partial charge in [0.2, 0.25) is 0 Å². The number of nitrogens with zero attached hydrogens (tertiary/aromatic N) is 3. The maximum absolute atomic E-state index is 6.32. The molecule has 4 nitrogen and oxygen atoms in total. The number of hydrogen-bond acceptors (Lipinski definition) is 4. The fraction of sp³-hybridized carbons (Fsp3) is 0.857. The quantitative estimate of drug-likeness (QED) is 0.861. The minimum absolute atomic E-state index is 0.325. The molecule has 0 aromatic carbocycles. The Morgan fingerprint density at radius 3 is 2.84 bits per heavy atom. The average molecular weight is 280 g/mol. The van der Waals surface area contributed by atoms with Crippen molar-refractivity contribution in [2.45, 2.75) is 69.1 Å². The highest BCUT2D eigenvalue weighted by molar-refractivity contribution is 7.99. The summed E-state index contributed by atoms with van der Waals surface area (Å²) in [5, 5.41) is 9.79. The summed E-state index contributed by atoms with van der Waals surface area (Å²) < 4.78 is 2.32. The van der Waals surface area contributed by atoms with Crippen LogP contribution in [-0.4, -0.2) is 26.6 Å². The second-order valence-electron chi connectivity index (χ2n) is 5.88. The third-order valence-corrected chi connectivity index (χ3v) is 5.60. The van der Waals surface area contributed by atoms with Crippen molar-refractivity contribution in [1.29, 1.82) is 0 Å². The average Bonchev–Trinajstić information content (AvgIpc) is 3.02. The summed E-state index contributed by atoms with van der Waals surface area (Å²) in [5.74, 6) is 2.90. The van der Waals surface area contributed by atoms with Crippen molar-refractivity contribution in [3.8, 4) is 0 Å². The van der Waals surface area contributed by atoms with Gasteiger partial charge in [0.1, 0.15) is 5.82 Å². The van der Waals surface area contributed by atoms with Gasteiger partial charge in [-0.15, -0.1) is 10.2 Å². The third-order valence-electron chi connectivity index (χ3n) is 4.49. The van der Waals surface area contributed by atoms with Gasteiger partial charge in [0.25, 0.3) is 0 Å². The van der Waals surface area contributed by atoms with E-state index >= 15 is 0 Å². The first-order valence-corrected chi connectivity index (χ1v) is 8.63. The zero-order valence-corrected chi connectivity index (χ0v) is 12.4. The molecule has 2 N–H and O–H groups in total. The van der Waals surface area contributed by atoms with Gasteiger partial charge in [0.05, 0.1) is 0 Å². The highest BCUT2D eigenvalue weighted by Crippen LogP contribution is 2.30. The molecule has 0 amide bonds. The number of aromatic nitrogens is 3. The summed E-state index contributed by atoms with van der Waals surface area (Å²) in [7, 11) is 0. The largest absolute Gasteiger partial charge is 0.327 e. The summed E-state index contributed by atoms with van der Waals surface area (Å²) in [6.07, 6.45) is 10.3. The van der Waals surface area contributed by atoms with Crippen LogP contribution in [0.5, 0.6) is 0 Å². The lowest BCUT2D eigenvalue weighted by atomic mass is 10.0. The van der Waals surface area contributed by atoms with Crippen LogP contribution in [0.25, 0.3) is 0 Å². The van der Waals surface area contributed by atoms with Crippen LogP contribution >= 0.6 is 11.8 Å². The molecular formula is C14H24N4S. The Balaban J connectivity index is 1.59. The number of hydrogen-bond donors (Lipinski definition) is 1. The molecule has 106 valence electrons. The molecule has 1 saturated carbocycles. The van der Waals surface area contributed by atoms with E-state index in [2.05, 4.69) is 14.8 Å². The van der Waals surface area contributed by atoms with Crippen LogP contribution in [0, 0.1) is 5.92 Å². The summed E-state index contributed by atoms with van der Waals surface area (Å²) in [4.78, 5) is 0. The molecule has 1 atom stereocenters. The van der Waals surface area contributed by atoms with Crippen LogP contribution in [0.1, 0.15) is 50.8 Å². The van der Waals surface area contributed by atoms with Gasteiger partial charge in [-0.1, -0.05) is 31.0 Å². The van der Waals surface area contributed by atoms with Gasteiger partial charge in [-0.05, 0) is 31.6 Å². The molecular weight excluding hydrogens is 256 g/mol. The van der Waals surface area contributed by atoms with Crippen LogP contribution in [0.2, 0.25) is 0 Å². The van der Waals surface area contributed by atoms with E-state index in [-0.39, 0.29) is 0 Å². The molecule has 0 bridgehead atoms. The zero-order chi connectivity index (χ0) is 13.1. The van der Waals surface area contributed by atoms with Crippen molar-refractivity contribution in [2.24, 2.45) is 11.7 Å². The van der Waals surface area contributed by atoms with Gasteiger partial charge in [-0.2, -0.15) is 0 Å². The molecule has 3 rings (SSSR count). The van der Waals surface area contributed by atoms with Crippen molar-refractivity contribution in [3.05, 3.63) is 5.82 Å². The van der Waals surface area contributed by atoms with Crippen molar-refractivity contribution in [1.82, 2.24) is 14.8 Å². The standard InChI is InChI=1S/C14H24N4S/c15-12(11-6-3-4-7-11)10-19-14-17-16-13-8-2-1-5-9-18(13)14/h11-12H,1-10,15H2. The van der Waals surface area contributed by atoms with Crippen LogP contribution in [-0.2, 0) is 13.0 Å². The summed E-state index contributed by atoms with van der Waals surface area (Å²) in [5.41, 5.74) is 6.32. The van der Waals surface area contributed by atoms with Crippen molar-refractivity contribution in [2.75, 3.05) is 5.75 Å². The lowest BCUT2D eigenvalue weighted by Gasteiger charge is -2.18. The highest BCUT2D eigenvalue weighted by Gasteiger charge is 2.23. The molecule has 1 fully saturated rings. The molecule has 1 aliphatic carbocycles. The minimum atomic E-state index is 0.325. The van der Waals surface area contributed by atoms with Gasteiger partial charge < -0.3 is 10.3 Å². The van der Waals surface area contributed by atoms with Crippen LogP contribution in [0.4, 0.5) is 0 Å². The Hall–Kier alpha value is -0.550. The third kappa shape index (κ3) is 3.14. The van der Waals surface area contributed by atoms with E-state index in [9.17, 15) is 0 Å². The fourth-order valence-electron chi connectivity index (χ4n) is 3.26. The zero-order valence-electron chi connectivity index (χ0n) is 11.6. The normalized spacial score (nSPS) is 22.2. The van der Waals surface area contributed by atoms with Gasteiger partial charge in [-0.3, -0.25) is 0 Å². The molecule has 1 aliphatic heterocycles. The molecule has 0 radical (unpaired) electrons. The molecule has 5 heteroatoms. The number of nitrogens with two attached hydrogens (primary N) is 1. The summed E-state index contributed by atoms with van der Waals surface area (Å²) >= 11 is 1.81. The Labute approximate surface area is 119 Å². The first-order valence-electron chi connectivity index (χ1n) is 7.65. The first kappa shape index (κ1) is 13.4. The molecule has 19 heavy (non-hydrogen) atoms. The molecule has 2 heterocycles. The Kier molecular flexibility index (Phi) is 4.43. The maximum Gasteiger partial charge on any atom is 0.191 e. The Morgan fingerprint density at radius 2 is 2.00 bits per heavy atom. The number of rotatable bonds is 4. The van der Waals surface area contributed by atoms with Crippen LogP contribution in [0.15, 0.2) is 5.16 Å². The van der Waals surface area contributed by atoms with E-state index in [1.165, 1.54) is 50.8 Å². The summed E-state index contributed by atoms with van der Waals surface area (Å²) in [6.45, 7) is 1.09. The van der Waals surface area contributed by atoms with Crippen LogP contribution < -0.4 is 5.73 Å². The molecule has 1 aromatic heterocycles. The van der Waals surface area contributed by atoms with Crippen LogP contribution in [0.3, 0.4) is 0 Å². The lowest BCUT2D eigenvalue weighted by Crippen LogP contribution is -2.30. The highest BCUT2D eigenvalue weighted by atomic mass is 32.2. The Morgan fingerprint density at radius 1 is 1.16 bits per heavy atom. The van der Waals surface area contributed by atoms with E-state index in [1.54, 1.807) is 0 Å². The molecule has 2 aliphatic rings. The predicted molar refractivity (Wildman–Crippen MR) is 78.2 cm³/mol. The number of fused-ring (bicyclic) bond motifs is 1. The predicted octanol–water partition coefficient (Wildman–Crippen LogP) is 2.61. The van der Waals surface area contributed by atoms with Crippen molar-refractivity contribution >= 4 is 11.8 Å². The van der Waals surface area contributed by atoms with E-state index in [0.29, 0.717) is 6.04 Å². The second-order valence-corrected chi connectivity index (χ2v) is 6.87. The molecule has 1 aromatic rings. The Bertz CT molecular complexity index is 412.